The van der Waals surface area contributed by atoms with Gasteiger partial charge in [-0.15, -0.1) is 24.0 Å². The monoisotopic (exact) mass is 565 g/mol. The van der Waals surface area contributed by atoms with Crippen molar-refractivity contribution in [1.82, 2.24) is 20.9 Å². The van der Waals surface area contributed by atoms with E-state index in [1.807, 2.05) is 20.8 Å². The highest BCUT2D eigenvalue weighted by Gasteiger charge is 2.25. The minimum Gasteiger partial charge on any atom is -0.444 e. The third-order valence-corrected chi connectivity index (χ3v) is 5.98. The molecule has 1 saturated heterocycles. The summed E-state index contributed by atoms with van der Waals surface area (Å²) in [7, 11) is 0. The molecule has 1 saturated carbocycles. The first kappa shape index (κ1) is 29.3. The molecule has 1 aliphatic heterocycles. The van der Waals surface area contributed by atoms with Crippen molar-refractivity contribution < 1.29 is 9.53 Å². The minimum absolute atomic E-state index is 0. The van der Waals surface area contributed by atoms with E-state index in [0.717, 1.165) is 51.2 Å². The molecule has 0 atom stereocenters. The Kier molecular flexibility index (Phi) is 14.6. The SMILES string of the molecule is CCNC(=NCCCCCN1CCCCC1)NC1CCC(NC(=O)OC(C)(C)C)CC1.I. The third-order valence-electron chi connectivity index (χ3n) is 5.98. The van der Waals surface area contributed by atoms with Gasteiger partial charge in [0.1, 0.15) is 5.60 Å². The van der Waals surface area contributed by atoms with E-state index in [9.17, 15) is 4.79 Å². The van der Waals surface area contributed by atoms with Gasteiger partial charge in [-0.3, -0.25) is 4.99 Å². The van der Waals surface area contributed by atoms with Crippen LogP contribution in [0.4, 0.5) is 4.79 Å². The summed E-state index contributed by atoms with van der Waals surface area (Å²) in [6.45, 7) is 13.4. The van der Waals surface area contributed by atoms with Gasteiger partial charge in [-0.1, -0.05) is 12.8 Å². The summed E-state index contributed by atoms with van der Waals surface area (Å²) in [6, 6.07) is 0.612. The fourth-order valence-electron chi connectivity index (χ4n) is 4.37. The molecule has 0 aromatic rings. The predicted octanol–water partition coefficient (Wildman–Crippen LogP) is 4.65. The highest BCUT2D eigenvalue weighted by molar-refractivity contribution is 14.0. The van der Waals surface area contributed by atoms with E-state index in [1.54, 1.807) is 0 Å². The summed E-state index contributed by atoms with van der Waals surface area (Å²) in [5.74, 6) is 0.932. The van der Waals surface area contributed by atoms with Gasteiger partial charge in [0.2, 0.25) is 0 Å². The van der Waals surface area contributed by atoms with E-state index in [0.29, 0.717) is 6.04 Å². The van der Waals surface area contributed by atoms with Gasteiger partial charge in [0.25, 0.3) is 0 Å². The first-order chi connectivity index (χ1) is 14.9. The molecule has 188 valence electrons. The lowest BCUT2D eigenvalue weighted by atomic mass is 9.91. The molecule has 0 bridgehead atoms. The number of aliphatic imine (C=N–C) groups is 1. The number of piperidine rings is 1. The predicted molar refractivity (Wildman–Crippen MR) is 144 cm³/mol. The topological polar surface area (TPSA) is 78.0 Å². The Morgan fingerprint density at radius 1 is 0.969 bits per heavy atom. The van der Waals surface area contributed by atoms with Crippen molar-refractivity contribution in [1.29, 1.82) is 0 Å². The number of hydrogen-bond acceptors (Lipinski definition) is 4. The molecular weight excluding hydrogens is 517 g/mol. The molecule has 0 radical (unpaired) electrons. The molecule has 1 heterocycles. The van der Waals surface area contributed by atoms with Gasteiger partial charge < -0.3 is 25.6 Å². The summed E-state index contributed by atoms with van der Waals surface area (Å²) in [5, 5.41) is 9.99. The summed E-state index contributed by atoms with van der Waals surface area (Å²) >= 11 is 0. The zero-order valence-corrected chi connectivity index (χ0v) is 23.2. The van der Waals surface area contributed by atoms with Crippen molar-refractivity contribution in [3.8, 4) is 0 Å². The fourth-order valence-corrected chi connectivity index (χ4v) is 4.37. The van der Waals surface area contributed by atoms with Crippen LogP contribution in [0.1, 0.15) is 91.9 Å². The van der Waals surface area contributed by atoms with Gasteiger partial charge in [-0.25, -0.2) is 4.79 Å². The second-order valence-corrected chi connectivity index (χ2v) is 10.1. The molecule has 0 unspecified atom stereocenters. The summed E-state index contributed by atoms with van der Waals surface area (Å²) in [6.07, 6.45) is 11.5. The van der Waals surface area contributed by atoms with Crippen molar-refractivity contribution in [3.05, 3.63) is 0 Å². The summed E-state index contributed by atoms with van der Waals surface area (Å²) in [5.41, 5.74) is -0.451. The first-order valence-electron chi connectivity index (χ1n) is 12.6. The maximum atomic E-state index is 12.0. The van der Waals surface area contributed by atoms with Crippen LogP contribution in [0.3, 0.4) is 0 Å². The second-order valence-electron chi connectivity index (χ2n) is 10.1. The Bertz CT molecular complexity index is 539. The standard InChI is InChI=1S/C24H47N5O2.HI/c1-5-25-22(26-16-8-6-9-17-29-18-10-7-11-19-29)27-20-12-14-21(15-13-20)28-23(30)31-24(2,3)4;/h20-21H,5-19H2,1-4H3,(H,28,30)(H2,25,26,27);1H. The van der Waals surface area contributed by atoms with Gasteiger partial charge >= 0.3 is 6.09 Å². The number of unbranched alkanes of at least 4 members (excludes halogenated alkanes) is 2. The van der Waals surface area contributed by atoms with Gasteiger partial charge in [0.05, 0.1) is 0 Å². The number of likely N-dealkylation sites (tertiary alicyclic amines) is 1. The van der Waals surface area contributed by atoms with Crippen LogP contribution in [0, 0.1) is 0 Å². The van der Waals surface area contributed by atoms with E-state index < -0.39 is 5.60 Å². The first-order valence-corrected chi connectivity index (χ1v) is 12.6. The van der Waals surface area contributed by atoms with Gasteiger partial charge in [0.15, 0.2) is 5.96 Å². The van der Waals surface area contributed by atoms with Crippen molar-refractivity contribution in [3.63, 3.8) is 0 Å². The Labute approximate surface area is 213 Å². The van der Waals surface area contributed by atoms with Crippen molar-refractivity contribution in [2.75, 3.05) is 32.7 Å². The number of guanidine groups is 1. The number of alkyl carbamates (subject to hydrolysis) is 1. The van der Waals surface area contributed by atoms with Crippen LogP contribution in [-0.2, 0) is 4.74 Å². The quantitative estimate of drug-likeness (QED) is 0.164. The van der Waals surface area contributed by atoms with Crippen molar-refractivity contribution in [2.45, 2.75) is 110 Å². The van der Waals surface area contributed by atoms with Crippen LogP contribution in [0.5, 0.6) is 0 Å². The molecule has 0 aromatic heterocycles. The average Bonchev–Trinajstić information content (AvgIpc) is 2.71. The zero-order valence-electron chi connectivity index (χ0n) is 20.9. The molecule has 1 aliphatic carbocycles. The molecule has 8 heteroatoms. The average molecular weight is 566 g/mol. The van der Waals surface area contributed by atoms with Crippen molar-refractivity contribution >= 4 is 36.0 Å². The number of rotatable bonds is 9. The number of amides is 1. The summed E-state index contributed by atoms with van der Waals surface area (Å²) < 4.78 is 5.37. The van der Waals surface area contributed by atoms with Crippen LogP contribution in [0.2, 0.25) is 0 Å². The molecule has 2 rings (SSSR count). The van der Waals surface area contributed by atoms with Crippen LogP contribution in [-0.4, -0.2) is 67.4 Å². The largest absolute Gasteiger partial charge is 0.444 e. The molecule has 2 aliphatic rings. The molecular formula is C24H48IN5O2. The maximum Gasteiger partial charge on any atom is 0.407 e. The molecule has 0 spiro atoms. The number of nitrogens with zero attached hydrogens (tertiary/aromatic N) is 2. The van der Waals surface area contributed by atoms with Gasteiger partial charge in [-0.05, 0) is 98.7 Å². The lowest BCUT2D eigenvalue weighted by Crippen LogP contribution is -2.48. The van der Waals surface area contributed by atoms with E-state index in [2.05, 4.69) is 27.8 Å². The number of carbonyl (C=O) groups excluding carboxylic acids is 1. The van der Waals surface area contributed by atoms with Crippen LogP contribution < -0.4 is 16.0 Å². The molecule has 32 heavy (non-hydrogen) atoms. The van der Waals surface area contributed by atoms with Crippen molar-refractivity contribution in [2.24, 2.45) is 4.99 Å². The number of carbonyl (C=O) groups is 1. The van der Waals surface area contributed by atoms with Crippen LogP contribution in [0.25, 0.3) is 0 Å². The fraction of sp³-hybridized carbons (Fsp3) is 0.917. The molecule has 7 nitrogen and oxygen atoms in total. The van der Waals surface area contributed by atoms with E-state index in [-0.39, 0.29) is 36.1 Å². The van der Waals surface area contributed by atoms with E-state index in [1.165, 1.54) is 51.7 Å². The molecule has 0 aromatic carbocycles. The van der Waals surface area contributed by atoms with E-state index >= 15 is 0 Å². The number of ether oxygens (including phenoxy) is 1. The second kappa shape index (κ2) is 16.0. The molecule has 1 amide bonds. The Morgan fingerprint density at radius 3 is 2.19 bits per heavy atom. The van der Waals surface area contributed by atoms with Crippen LogP contribution >= 0.6 is 24.0 Å². The van der Waals surface area contributed by atoms with Gasteiger partial charge in [-0.2, -0.15) is 0 Å². The van der Waals surface area contributed by atoms with Gasteiger partial charge in [0, 0.05) is 25.2 Å². The lowest BCUT2D eigenvalue weighted by molar-refractivity contribution is 0.0490. The zero-order chi connectivity index (χ0) is 22.5. The summed E-state index contributed by atoms with van der Waals surface area (Å²) in [4.78, 5) is 19.4. The Morgan fingerprint density at radius 2 is 1.59 bits per heavy atom. The Balaban J connectivity index is 0.00000512. The maximum absolute atomic E-state index is 12.0. The lowest BCUT2D eigenvalue weighted by Gasteiger charge is -2.31. The third kappa shape index (κ3) is 13.1. The Hall–Kier alpha value is -0.770. The highest BCUT2D eigenvalue weighted by Crippen LogP contribution is 2.19. The van der Waals surface area contributed by atoms with E-state index in [4.69, 9.17) is 9.73 Å². The normalized spacial score (nSPS) is 22.6. The number of hydrogen-bond donors (Lipinski definition) is 3. The molecule has 2 fully saturated rings. The smallest absolute Gasteiger partial charge is 0.407 e. The van der Waals surface area contributed by atoms with Crippen LogP contribution in [0.15, 0.2) is 4.99 Å². The molecule has 3 N–H and O–H groups in total. The highest BCUT2D eigenvalue weighted by atomic mass is 127. The number of nitrogens with one attached hydrogen (secondary N) is 3. The number of halogens is 1. The minimum atomic E-state index is -0.451.